The molecule has 0 unspecified atom stereocenters. The van der Waals surface area contributed by atoms with E-state index in [0.717, 1.165) is 10.8 Å². The van der Waals surface area contributed by atoms with Crippen LogP contribution in [0.2, 0.25) is 0 Å². The average Bonchev–Trinajstić information content (AvgIpc) is 2.63. The van der Waals surface area contributed by atoms with Crippen LogP contribution in [0.4, 0.5) is 10.1 Å². The number of rotatable bonds is 5. The van der Waals surface area contributed by atoms with Gasteiger partial charge in [-0.1, -0.05) is 48.5 Å². The Morgan fingerprint density at radius 3 is 2.46 bits per heavy atom. The van der Waals surface area contributed by atoms with Crippen molar-refractivity contribution >= 4 is 28.3 Å². The summed E-state index contributed by atoms with van der Waals surface area (Å²) in [6.45, 7) is 1.48. The Morgan fingerprint density at radius 2 is 1.69 bits per heavy atom. The molecule has 3 rings (SSSR count). The number of hydrogen-bond donors (Lipinski definition) is 1. The Kier molecular flexibility index (Phi) is 5.27. The van der Waals surface area contributed by atoms with E-state index in [9.17, 15) is 14.0 Å². The van der Waals surface area contributed by atoms with E-state index >= 15 is 0 Å². The maximum Gasteiger partial charge on any atom is 0.311 e. The van der Waals surface area contributed by atoms with Crippen LogP contribution in [0.15, 0.2) is 66.7 Å². The Hall–Kier alpha value is -3.21. The van der Waals surface area contributed by atoms with Gasteiger partial charge in [-0.05, 0) is 41.5 Å². The van der Waals surface area contributed by atoms with Crippen molar-refractivity contribution in [2.75, 3.05) is 5.32 Å². The molecule has 5 heteroatoms. The van der Waals surface area contributed by atoms with Gasteiger partial charge in [-0.2, -0.15) is 0 Å². The molecule has 0 radical (unpaired) electrons. The Balaban J connectivity index is 1.60. The molecule has 0 saturated carbocycles. The van der Waals surface area contributed by atoms with Gasteiger partial charge in [-0.15, -0.1) is 0 Å². The first kappa shape index (κ1) is 17.6. The molecular weight excluding hydrogens is 333 g/mol. The van der Waals surface area contributed by atoms with Crippen molar-refractivity contribution in [3.63, 3.8) is 0 Å². The minimum atomic E-state index is -0.985. The summed E-state index contributed by atoms with van der Waals surface area (Å²) < 4.78 is 18.7. The van der Waals surface area contributed by atoms with E-state index in [2.05, 4.69) is 5.32 Å². The number of hydrogen-bond acceptors (Lipinski definition) is 3. The van der Waals surface area contributed by atoms with Crippen LogP contribution >= 0.6 is 0 Å². The smallest absolute Gasteiger partial charge is 0.311 e. The first-order valence-corrected chi connectivity index (χ1v) is 8.25. The van der Waals surface area contributed by atoms with Crippen LogP contribution in [-0.2, 0) is 20.7 Å². The molecule has 0 aliphatic heterocycles. The van der Waals surface area contributed by atoms with E-state index < -0.39 is 23.8 Å². The minimum absolute atomic E-state index is 0.222. The summed E-state index contributed by atoms with van der Waals surface area (Å²) in [5.41, 5.74) is 0.852. The van der Waals surface area contributed by atoms with Crippen LogP contribution in [0.1, 0.15) is 12.5 Å². The summed E-state index contributed by atoms with van der Waals surface area (Å²) in [5, 5.41) is 4.78. The zero-order valence-corrected chi connectivity index (χ0v) is 14.2. The third-order valence-corrected chi connectivity index (χ3v) is 3.99. The number of fused-ring (bicyclic) bond motifs is 1. The van der Waals surface area contributed by atoms with E-state index in [1.165, 1.54) is 19.1 Å². The highest BCUT2D eigenvalue weighted by Crippen LogP contribution is 2.19. The number of carbonyl (C=O) groups is 2. The standard InChI is InChI=1S/C21H18FNO3/c1-14(26-20(24)13-17-8-4-5-9-19(17)22)21(25)23-18-11-10-15-6-2-3-7-16(15)12-18/h2-12,14H,13H2,1H3,(H,23,25)/t14-/m1/s1. The van der Waals surface area contributed by atoms with Crippen LogP contribution < -0.4 is 5.32 Å². The molecule has 0 heterocycles. The largest absolute Gasteiger partial charge is 0.452 e. The predicted octanol–water partition coefficient (Wildman–Crippen LogP) is 4.09. The fraction of sp³-hybridized carbons (Fsp3) is 0.143. The number of amides is 1. The third kappa shape index (κ3) is 4.25. The lowest BCUT2D eigenvalue weighted by atomic mass is 10.1. The first-order valence-electron chi connectivity index (χ1n) is 8.25. The van der Waals surface area contributed by atoms with Crippen molar-refractivity contribution in [2.45, 2.75) is 19.4 Å². The van der Waals surface area contributed by atoms with Gasteiger partial charge in [0.2, 0.25) is 0 Å². The number of anilines is 1. The summed E-state index contributed by atoms with van der Waals surface area (Å²) >= 11 is 0. The molecule has 0 spiro atoms. The van der Waals surface area contributed by atoms with Crippen molar-refractivity contribution < 1.29 is 18.7 Å². The van der Waals surface area contributed by atoms with Crippen molar-refractivity contribution in [2.24, 2.45) is 0 Å². The molecule has 26 heavy (non-hydrogen) atoms. The lowest BCUT2D eigenvalue weighted by Crippen LogP contribution is -2.30. The molecule has 0 aromatic heterocycles. The Bertz CT molecular complexity index is 955. The van der Waals surface area contributed by atoms with E-state index in [0.29, 0.717) is 5.69 Å². The van der Waals surface area contributed by atoms with Crippen molar-refractivity contribution in [3.05, 3.63) is 78.1 Å². The van der Waals surface area contributed by atoms with Crippen molar-refractivity contribution in [1.29, 1.82) is 0 Å². The highest BCUT2D eigenvalue weighted by molar-refractivity contribution is 5.97. The fourth-order valence-electron chi connectivity index (χ4n) is 2.60. The highest BCUT2D eigenvalue weighted by Gasteiger charge is 2.19. The van der Waals surface area contributed by atoms with E-state index in [1.54, 1.807) is 18.2 Å². The van der Waals surface area contributed by atoms with E-state index in [4.69, 9.17) is 4.74 Å². The van der Waals surface area contributed by atoms with E-state index in [-0.39, 0.29) is 12.0 Å². The Labute approximate surface area is 150 Å². The summed E-state index contributed by atoms with van der Waals surface area (Å²) in [7, 11) is 0. The van der Waals surface area contributed by atoms with Gasteiger partial charge in [0.15, 0.2) is 6.10 Å². The van der Waals surface area contributed by atoms with Gasteiger partial charge >= 0.3 is 5.97 Å². The number of halogens is 1. The Morgan fingerprint density at radius 1 is 1.00 bits per heavy atom. The lowest BCUT2D eigenvalue weighted by molar-refractivity contribution is -0.152. The number of carbonyl (C=O) groups excluding carboxylic acids is 2. The second kappa shape index (κ2) is 7.78. The van der Waals surface area contributed by atoms with Crippen LogP contribution in [0.25, 0.3) is 10.8 Å². The molecular formula is C21H18FNO3. The second-order valence-corrected chi connectivity index (χ2v) is 5.95. The van der Waals surface area contributed by atoms with Gasteiger partial charge < -0.3 is 10.1 Å². The van der Waals surface area contributed by atoms with Crippen molar-refractivity contribution in [1.82, 2.24) is 0 Å². The van der Waals surface area contributed by atoms with Crippen LogP contribution in [0.3, 0.4) is 0 Å². The fourth-order valence-corrected chi connectivity index (χ4v) is 2.60. The van der Waals surface area contributed by atoms with Gasteiger partial charge in [0.05, 0.1) is 6.42 Å². The van der Waals surface area contributed by atoms with E-state index in [1.807, 2.05) is 36.4 Å². The minimum Gasteiger partial charge on any atom is -0.452 e. The van der Waals surface area contributed by atoms with Gasteiger partial charge in [0.1, 0.15) is 5.82 Å². The highest BCUT2D eigenvalue weighted by atomic mass is 19.1. The molecule has 1 N–H and O–H groups in total. The molecule has 0 aliphatic carbocycles. The maximum absolute atomic E-state index is 13.6. The normalized spacial score (nSPS) is 11.8. The molecule has 0 aliphatic rings. The zero-order chi connectivity index (χ0) is 18.5. The molecule has 1 atom stereocenters. The molecule has 1 amide bonds. The summed E-state index contributed by atoms with van der Waals surface area (Å²) in [5.74, 6) is -1.57. The molecule has 3 aromatic rings. The predicted molar refractivity (Wildman–Crippen MR) is 98.2 cm³/mol. The number of esters is 1. The molecule has 4 nitrogen and oxygen atoms in total. The monoisotopic (exact) mass is 351 g/mol. The summed E-state index contributed by atoms with van der Waals surface area (Å²) in [6, 6.07) is 19.3. The quantitative estimate of drug-likeness (QED) is 0.705. The second-order valence-electron chi connectivity index (χ2n) is 5.95. The number of ether oxygens (including phenoxy) is 1. The topological polar surface area (TPSA) is 55.4 Å². The maximum atomic E-state index is 13.6. The lowest BCUT2D eigenvalue weighted by Gasteiger charge is -2.14. The van der Waals surface area contributed by atoms with Gasteiger partial charge in [-0.3, -0.25) is 9.59 Å². The SMILES string of the molecule is C[C@@H](OC(=O)Cc1ccccc1F)C(=O)Nc1ccc2ccccc2c1. The number of nitrogens with one attached hydrogen (secondary N) is 1. The molecule has 0 bridgehead atoms. The van der Waals surface area contributed by atoms with Crippen LogP contribution in [0.5, 0.6) is 0 Å². The van der Waals surface area contributed by atoms with Gasteiger partial charge in [0.25, 0.3) is 5.91 Å². The molecule has 132 valence electrons. The molecule has 0 saturated heterocycles. The van der Waals surface area contributed by atoms with Crippen LogP contribution in [-0.4, -0.2) is 18.0 Å². The average molecular weight is 351 g/mol. The molecule has 3 aromatic carbocycles. The summed E-state index contributed by atoms with van der Waals surface area (Å²) in [4.78, 5) is 24.2. The van der Waals surface area contributed by atoms with Gasteiger partial charge in [-0.25, -0.2) is 4.39 Å². The van der Waals surface area contributed by atoms with Crippen molar-refractivity contribution in [3.8, 4) is 0 Å². The third-order valence-electron chi connectivity index (χ3n) is 3.99. The zero-order valence-electron chi connectivity index (χ0n) is 14.2. The summed E-state index contributed by atoms with van der Waals surface area (Å²) in [6.07, 6.45) is -1.21. The first-order chi connectivity index (χ1) is 12.5. The molecule has 0 fully saturated rings. The van der Waals surface area contributed by atoms with Crippen LogP contribution in [0, 0.1) is 5.82 Å². The number of benzene rings is 3. The van der Waals surface area contributed by atoms with Gasteiger partial charge in [0, 0.05) is 5.69 Å².